The van der Waals surface area contributed by atoms with Gasteiger partial charge in [0.15, 0.2) is 0 Å². The second-order valence-corrected chi connectivity index (χ2v) is 6.70. The van der Waals surface area contributed by atoms with Gasteiger partial charge in [0.1, 0.15) is 23.0 Å². The van der Waals surface area contributed by atoms with Gasteiger partial charge in [-0.3, -0.25) is 4.79 Å². The molecule has 1 aliphatic rings. The van der Waals surface area contributed by atoms with E-state index in [0.29, 0.717) is 42.9 Å². The van der Waals surface area contributed by atoms with E-state index in [2.05, 4.69) is 5.16 Å². The zero-order chi connectivity index (χ0) is 18.0. The molecular weight excluding hydrogens is 326 g/mol. The van der Waals surface area contributed by atoms with E-state index in [1.807, 2.05) is 0 Å². The van der Waals surface area contributed by atoms with E-state index in [-0.39, 0.29) is 17.4 Å². The molecule has 1 amide bonds. The van der Waals surface area contributed by atoms with Crippen LogP contribution >= 0.6 is 0 Å². The van der Waals surface area contributed by atoms with E-state index >= 15 is 0 Å². The van der Waals surface area contributed by atoms with Gasteiger partial charge in [0, 0.05) is 18.7 Å². The largest absolute Gasteiger partial charge is 0.361 e. The smallest absolute Gasteiger partial charge is 0.259 e. The second kappa shape index (κ2) is 7.33. The first kappa shape index (κ1) is 17.6. The monoisotopic (exact) mass is 348 g/mol. The fourth-order valence-corrected chi connectivity index (χ4v) is 3.55. The quantitative estimate of drug-likeness (QED) is 0.837. The Morgan fingerprint density at radius 1 is 1.32 bits per heavy atom. The Bertz CT molecular complexity index is 733. The van der Waals surface area contributed by atoms with Gasteiger partial charge in [0.05, 0.1) is 5.69 Å². The molecule has 25 heavy (non-hydrogen) atoms. The SMILES string of the molecule is Cc1noc(C)c1C(=O)N1CCC[C@H](CCc2c(F)cccc2F)C1. The van der Waals surface area contributed by atoms with E-state index in [1.54, 1.807) is 18.7 Å². The molecular formula is C19H22F2N2O2. The van der Waals surface area contributed by atoms with Crippen molar-refractivity contribution in [3.05, 3.63) is 52.4 Å². The van der Waals surface area contributed by atoms with E-state index in [1.165, 1.54) is 18.2 Å². The molecule has 2 aromatic rings. The third kappa shape index (κ3) is 3.72. The number of aryl methyl sites for hydroxylation is 2. The van der Waals surface area contributed by atoms with E-state index < -0.39 is 11.6 Å². The van der Waals surface area contributed by atoms with Gasteiger partial charge in [-0.1, -0.05) is 11.2 Å². The number of nitrogens with zero attached hydrogens (tertiary/aromatic N) is 2. The molecule has 3 rings (SSSR count). The number of rotatable bonds is 4. The Morgan fingerprint density at radius 2 is 2.04 bits per heavy atom. The van der Waals surface area contributed by atoms with Crippen LogP contribution in [0, 0.1) is 31.4 Å². The Balaban J connectivity index is 1.64. The lowest BCUT2D eigenvalue weighted by Gasteiger charge is -2.33. The second-order valence-electron chi connectivity index (χ2n) is 6.70. The average Bonchev–Trinajstić information content (AvgIpc) is 2.93. The predicted molar refractivity (Wildman–Crippen MR) is 89.3 cm³/mol. The van der Waals surface area contributed by atoms with Crippen LogP contribution < -0.4 is 0 Å². The zero-order valence-corrected chi connectivity index (χ0v) is 14.5. The Kier molecular flexibility index (Phi) is 5.16. The summed E-state index contributed by atoms with van der Waals surface area (Å²) in [7, 11) is 0. The molecule has 0 spiro atoms. The van der Waals surface area contributed by atoms with Crippen LogP contribution in [0.5, 0.6) is 0 Å². The minimum Gasteiger partial charge on any atom is -0.361 e. The van der Waals surface area contributed by atoms with Crippen molar-refractivity contribution in [3.63, 3.8) is 0 Å². The number of halogens is 2. The molecule has 1 atom stereocenters. The number of carbonyl (C=O) groups is 1. The van der Waals surface area contributed by atoms with Gasteiger partial charge in [-0.05, 0) is 57.6 Å². The summed E-state index contributed by atoms with van der Waals surface area (Å²) in [5.74, 6) is -0.313. The maximum absolute atomic E-state index is 13.8. The van der Waals surface area contributed by atoms with Gasteiger partial charge in [-0.25, -0.2) is 8.78 Å². The highest BCUT2D eigenvalue weighted by atomic mass is 19.1. The summed E-state index contributed by atoms with van der Waals surface area (Å²) in [5.41, 5.74) is 1.26. The third-order valence-electron chi connectivity index (χ3n) is 4.92. The van der Waals surface area contributed by atoms with Crippen LogP contribution in [0.4, 0.5) is 8.78 Å². The van der Waals surface area contributed by atoms with E-state index in [4.69, 9.17) is 4.52 Å². The predicted octanol–water partition coefficient (Wildman–Crippen LogP) is 4.05. The minimum atomic E-state index is -0.500. The molecule has 6 heteroatoms. The minimum absolute atomic E-state index is 0.0713. The summed E-state index contributed by atoms with van der Waals surface area (Å²) in [5, 5.41) is 3.84. The molecule has 0 N–H and O–H groups in total. The molecule has 134 valence electrons. The van der Waals surface area contributed by atoms with Crippen molar-refractivity contribution in [1.82, 2.24) is 10.1 Å². The molecule has 1 saturated heterocycles. The van der Waals surface area contributed by atoms with Gasteiger partial charge in [0.2, 0.25) is 0 Å². The fourth-order valence-electron chi connectivity index (χ4n) is 3.55. The zero-order valence-electron chi connectivity index (χ0n) is 14.5. The fraction of sp³-hybridized carbons (Fsp3) is 0.474. The van der Waals surface area contributed by atoms with E-state index in [9.17, 15) is 13.6 Å². The van der Waals surface area contributed by atoms with Gasteiger partial charge in [-0.15, -0.1) is 0 Å². The van der Waals surface area contributed by atoms with Gasteiger partial charge >= 0.3 is 0 Å². The Labute approximate surface area is 145 Å². The molecule has 4 nitrogen and oxygen atoms in total. The van der Waals surface area contributed by atoms with Gasteiger partial charge < -0.3 is 9.42 Å². The number of hydrogen-bond donors (Lipinski definition) is 0. The van der Waals surface area contributed by atoms with Crippen LogP contribution in [0.25, 0.3) is 0 Å². The third-order valence-corrected chi connectivity index (χ3v) is 4.92. The molecule has 2 heterocycles. The first-order chi connectivity index (χ1) is 12.0. The molecule has 1 fully saturated rings. The van der Waals surface area contributed by atoms with Crippen molar-refractivity contribution in [2.45, 2.75) is 39.5 Å². The van der Waals surface area contributed by atoms with Gasteiger partial charge in [0.25, 0.3) is 5.91 Å². The summed E-state index contributed by atoms with van der Waals surface area (Å²) in [6, 6.07) is 3.94. The summed E-state index contributed by atoms with van der Waals surface area (Å²) >= 11 is 0. The Morgan fingerprint density at radius 3 is 2.68 bits per heavy atom. The van der Waals surface area contributed by atoms with Crippen molar-refractivity contribution in [2.75, 3.05) is 13.1 Å². The van der Waals surface area contributed by atoms with Crippen LogP contribution in [0.15, 0.2) is 22.7 Å². The molecule has 1 aromatic carbocycles. The first-order valence-corrected chi connectivity index (χ1v) is 8.62. The maximum Gasteiger partial charge on any atom is 0.259 e. The molecule has 0 aliphatic carbocycles. The lowest BCUT2D eigenvalue weighted by atomic mass is 9.91. The summed E-state index contributed by atoms with van der Waals surface area (Å²) in [6.45, 7) is 4.77. The van der Waals surface area contributed by atoms with Crippen molar-refractivity contribution < 1.29 is 18.1 Å². The highest BCUT2D eigenvalue weighted by molar-refractivity contribution is 5.96. The van der Waals surface area contributed by atoms with Crippen LogP contribution in [-0.4, -0.2) is 29.1 Å². The number of amides is 1. The number of aromatic nitrogens is 1. The molecule has 0 unspecified atom stereocenters. The van der Waals surface area contributed by atoms with Crippen molar-refractivity contribution in [3.8, 4) is 0 Å². The topological polar surface area (TPSA) is 46.3 Å². The van der Waals surface area contributed by atoms with Gasteiger partial charge in [-0.2, -0.15) is 0 Å². The lowest BCUT2D eigenvalue weighted by Crippen LogP contribution is -2.40. The number of carbonyl (C=O) groups excluding carboxylic acids is 1. The average molecular weight is 348 g/mol. The summed E-state index contributed by atoms with van der Waals surface area (Å²) in [6.07, 6.45) is 2.85. The normalized spacial score (nSPS) is 17.8. The van der Waals surface area contributed by atoms with Crippen molar-refractivity contribution in [2.24, 2.45) is 5.92 Å². The van der Waals surface area contributed by atoms with Crippen LogP contribution in [0.1, 0.15) is 46.6 Å². The summed E-state index contributed by atoms with van der Waals surface area (Å²) < 4.78 is 32.6. The van der Waals surface area contributed by atoms with Crippen molar-refractivity contribution in [1.29, 1.82) is 0 Å². The maximum atomic E-state index is 13.8. The van der Waals surface area contributed by atoms with E-state index in [0.717, 1.165) is 12.8 Å². The van der Waals surface area contributed by atoms with Crippen molar-refractivity contribution >= 4 is 5.91 Å². The number of benzene rings is 1. The number of piperidine rings is 1. The van der Waals surface area contributed by atoms with Crippen LogP contribution in [0.2, 0.25) is 0 Å². The highest BCUT2D eigenvalue weighted by Gasteiger charge is 2.28. The first-order valence-electron chi connectivity index (χ1n) is 8.62. The lowest BCUT2D eigenvalue weighted by molar-refractivity contribution is 0.0665. The summed E-state index contributed by atoms with van der Waals surface area (Å²) in [4.78, 5) is 14.5. The molecule has 1 aromatic heterocycles. The molecule has 1 aliphatic heterocycles. The highest BCUT2D eigenvalue weighted by Crippen LogP contribution is 2.25. The number of hydrogen-bond acceptors (Lipinski definition) is 3. The molecule has 0 saturated carbocycles. The molecule has 0 bridgehead atoms. The Hall–Kier alpha value is -2.24. The van der Waals surface area contributed by atoms with Crippen LogP contribution in [0.3, 0.4) is 0 Å². The molecule has 0 radical (unpaired) electrons. The van der Waals surface area contributed by atoms with Crippen LogP contribution in [-0.2, 0) is 6.42 Å². The standard InChI is InChI=1S/C19H22F2N2O2/c1-12-18(13(2)25-22-12)19(24)23-10-4-5-14(11-23)8-9-15-16(20)6-3-7-17(15)21/h3,6-7,14H,4-5,8-11H2,1-2H3/t14-/m1/s1. The number of likely N-dealkylation sites (tertiary alicyclic amines) is 1.